The summed E-state index contributed by atoms with van der Waals surface area (Å²) < 4.78 is 11.1. The van der Waals surface area contributed by atoms with E-state index in [-0.39, 0.29) is 12.1 Å². The molecule has 2 rings (SSSR count). The van der Waals surface area contributed by atoms with Crippen LogP contribution >= 0.6 is 0 Å². The maximum atomic E-state index is 12.1. The Bertz CT molecular complexity index is 667. The van der Waals surface area contributed by atoms with Gasteiger partial charge in [-0.3, -0.25) is 0 Å². The van der Waals surface area contributed by atoms with Crippen molar-refractivity contribution in [2.45, 2.75) is 52.7 Å². The largest absolute Gasteiger partial charge is 0.461 e. The van der Waals surface area contributed by atoms with Crippen LogP contribution in [0.25, 0.3) is 11.0 Å². The molecule has 0 aliphatic heterocycles. The van der Waals surface area contributed by atoms with Gasteiger partial charge in [-0.25, -0.2) is 4.79 Å². The second-order valence-electron chi connectivity index (χ2n) is 6.87. The summed E-state index contributed by atoms with van der Waals surface area (Å²) in [7, 11) is 1.77. The van der Waals surface area contributed by atoms with Crippen LogP contribution in [0.4, 0.5) is 4.79 Å². The Labute approximate surface area is 132 Å². The van der Waals surface area contributed by atoms with Gasteiger partial charge in [-0.05, 0) is 58.7 Å². The zero-order valence-corrected chi connectivity index (χ0v) is 14.3. The Morgan fingerprint density at radius 1 is 1.32 bits per heavy atom. The topological polar surface area (TPSA) is 42.7 Å². The smallest absolute Gasteiger partial charge is 0.410 e. The lowest BCUT2D eigenvalue weighted by Crippen LogP contribution is -2.40. The molecule has 0 aliphatic rings. The van der Waals surface area contributed by atoms with E-state index in [1.807, 2.05) is 46.8 Å². The van der Waals surface area contributed by atoms with Gasteiger partial charge in [0.05, 0.1) is 0 Å². The number of rotatable bonds is 3. The maximum absolute atomic E-state index is 12.1. The van der Waals surface area contributed by atoms with Crippen molar-refractivity contribution in [2.24, 2.45) is 0 Å². The van der Waals surface area contributed by atoms with Crippen LogP contribution < -0.4 is 0 Å². The SMILES string of the molecule is Cc1cc2ccc(C[C@H](C)N(C)C(=O)OC(C)(C)C)cc2o1. The fourth-order valence-electron chi connectivity index (χ4n) is 2.33. The van der Waals surface area contributed by atoms with Gasteiger partial charge in [0.2, 0.25) is 0 Å². The molecule has 0 spiro atoms. The monoisotopic (exact) mass is 303 g/mol. The lowest BCUT2D eigenvalue weighted by molar-refractivity contribution is 0.0236. The number of hydrogen-bond acceptors (Lipinski definition) is 3. The minimum Gasteiger partial charge on any atom is -0.461 e. The molecule has 1 heterocycles. The van der Waals surface area contributed by atoms with E-state index in [4.69, 9.17) is 9.15 Å². The number of hydrogen-bond donors (Lipinski definition) is 0. The quantitative estimate of drug-likeness (QED) is 0.836. The number of likely N-dealkylation sites (N-methyl/N-ethyl adjacent to an activating group) is 1. The van der Waals surface area contributed by atoms with Crippen molar-refractivity contribution in [3.05, 3.63) is 35.6 Å². The lowest BCUT2D eigenvalue weighted by Gasteiger charge is -2.28. The van der Waals surface area contributed by atoms with Crippen LogP contribution in [0.5, 0.6) is 0 Å². The molecule has 0 saturated heterocycles. The summed E-state index contributed by atoms with van der Waals surface area (Å²) in [5.74, 6) is 0.908. The number of furan rings is 1. The molecule has 0 N–H and O–H groups in total. The molecule has 1 aromatic carbocycles. The molecular formula is C18H25NO3. The van der Waals surface area contributed by atoms with Crippen LogP contribution in [0, 0.1) is 6.92 Å². The summed E-state index contributed by atoms with van der Waals surface area (Å²) in [6.45, 7) is 9.57. The molecule has 0 saturated carbocycles. The molecule has 1 atom stereocenters. The first kappa shape index (κ1) is 16.4. The predicted molar refractivity (Wildman–Crippen MR) is 88.1 cm³/mol. The number of benzene rings is 1. The molecule has 4 nitrogen and oxygen atoms in total. The van der Waals surface area contributed by atoms with Gasteiger partial charge in [-0.1, -0.05) is 12.1 Å². The van der Waals surface area contributed by atoms with Crippen molar-refractivity contribution >= 4 is 17.1 Å². The number of aryl methyl sites for hydroxylation is 1. The third-order valence-electron chi connectivity index (χ3n) is 3.58. The number of ether oxygens (including phenoxy) is 1. The van der Waals surface area contributed by atoms with Crippen molar-refractivity contribution in [2.75, 3.05) is 7.05 Å². The van der Waals surface area contributed by atoms with Crippen molar-refractivity contribution in [1.29, 1.82) is 0 Å². The molecule has 22 heavy (non-hydrogen) atoms. The first-order chi connectivity index (χ1) is 10.2. The van der Waals surface area contributed by atoms with E-state index in [2.05, 4.69) is 12.1 Å². The van der Waals surface area contributed by atoms with Crippen LogP contribution in [0.3, 0.4) is 0 Å². The fraction of sp³-hybridized carbons (Fsp3) is 0.500. The number of carbonyl (C=O) groups excluding carboxylic acids is 1. The van der Waals surface area contributed by atoms with E-state index >= 15 is 0 Å². The summed E-state index contributed by atoms with van der Waals surface area (Å²) in [4.78, 5) is 13.7. The third-order valence-corrected chi connectivity index (χ3v) is 3.58. The average molecular weight is 303 g/mol. The molecule has 1 aromatic heterocycles. The highest BCUT2D eigenvalue weighted by atomic mass is 16.6. The minimum absolute atomic E-state index is 0.0448. The minimum atomic E-state index is -0.477. The van der Waals surface area contributed by atoms with Crippen molar-refractivity contribution in [1.82, 2.24) is 4.90 Å². The Hall–Kier alpha value is -1.97. The van der Waals surface area contributed by atoms with E-state index in [1.165, 1.54) is 0 Å². The van der Waals surface area contributed by atoms with Crippen LogP contribution in [0.15, 0.2) is 28.7 Å². The molecule has 0 bridgehead atoms. The molecule has 2 aromatic rings. The normalized spacial score (nSPS) is 13.2. The predicted octanol–water partition coefficient (Wildman–Crippen LogP) is 4.54. The van der Waals surface area contributed by atoms with Gasteiger partial charge in [0.15, 0.2) is 0 Å². The molecule has 0 fully saturated rings. The standard InChI is InChI=1S/C18H25NO3/c1-12(19(6)17(20)22-18(3,4)5)9-14-7-8-15-10-13(2)21-16(15)11-14/h7-8,10-12H,9H2,1-6H3/t12-/m0/s1. The van der Waals surface area contributed by atoms with Crippen molar-refractivity contribution in [3.8, 4) is 0 Å². The van der Waals surface area contributed by atoms with Crippen molar-refractivity contribution in [3.63, 3.8) is 0 Å². The van der Waals surface area contributed by atoms with Gasteiger partial charge < -0.3 is 14.1 Å². The Morgan fingerprint density at radius 2 is 2.00 bits per heavy atom. The summed E-state index contributed by atoms with van der Waals surface area (Å²) >= 11 is 0. The van der Waals surface area contributed by atoms with E-state index in [9.17, 15) is 4.79 Å². The number of carbonyl (C=O) groups is 1. The second-order valence-corrected chi connectivity index (χ2v) is 6.87. The Balaban J connectivity index is 2.05. The molecular weight excluding hydrogens is 278 g/mol. The van der Waals surface area contributed by atoms with Gasteiger partial charge >= 0.3 is 6.09 Å². The van der Waals surface area contributed by atoms with Crippen LogP contribution in [0.1, 0.15) is 39.0 Å². The average Bonchev–Trinajstić information content (AvgIpc) is 2.75. The number of fused-ring (bicyclic) bond motifs is 1. The van der Waals surface area contributed by atoms with E-state index in [0.29, 0.717) is 0 Å². The highest BCUT2D eigenvalue weighted by Crippen LogP contribution is 2.21. The molecule has 4 heteroatoms. The zero-order valence-electron chi connectivity index (χ0n) is 14.3. The van der Waals surface area contributed by atoms with Gasteiger partial charge in [0.25, 0.3) is 0 Å². The molecule has 0 unspecified atom stereocenters. The summed E-state index contributed by atoms with van der Waals surface area (Å²) in [6, 6.07) is 8.25. The van der Waals surface area contributed by atoms with Gasteiger partial charge in [0.1, 0.15) is 16.9 Å². The third kappa shape index (κ3) is 4.03. The van der Waals surface area contributed by atoms with Gasteiger partial charge in [0, 0.05) is 18.5 Å². The first-order valence-electron chi connectivity index (χ1n) is 7.60. The molecule has 0 radical (unpaired) electrons. The Morgan fingerprint density at radius 3 is 2.64 bits per heavy atom. The summed E-state index contributed by atoms with van der Waals surface area (Å²) in [6.07, 6.45) is 0.459. The summed E-state index contributed by atoms with van der Waals surface area (Å²) in [5, 5.41) is 1.11. The van der Waals surface area contributed by atoms with E-state index in [1.54, 1.807) is 11.9 Å². The van der Waals surface area contributed by atoms with Crippen LogP contribution in [-0.4, -0.2) is 29.7 Å². The lowest BCUT2D eigenvalue weighted by atomic mass is 10.1. The number of amides is 1. The maximum Gasteiger partial charge on any atom is 0.410 e. The summed E-state index contributed by atoms with van der Waals surface area (Å²) in [5.41, 5.74) is 1.56. The van der Waals surface area contributed by atoms with Crippen LogP contribution in [-0.2, 0) is 11.2 Å². The first-order valence-corrected chi connectivity index (χ1v) is 7.60. The highest BCUT2D eigenvalue weighted by Gasteiger charge is 2.23. The molecule has 120 valence electrons. The van der Waals surface area contributed by atoms with Gasteiger partial charge in [-0.15, -0.1) is 0 Å². The molecule has 0 aliphatic carbocycles. The fourth-order valence-corrected chi connectivity index (χ4v) is 2.33. The Kier molecular flexibility index (Phi) is 4.50. The van der Waals surface area contributed by atoms with Crippen LogP contribution in [0.2, 0.25) is 0 Å². The van der Waals surface area contributed by atoms with E-state index in [0.717, 1.165) is 28.7 Å². The molecule has 1 amide bonds. The second kappa shape index (κ2) is 6.03. The highest BCUT2D eigenvalue weighted by molar-refractivity contribution is 5.78. The zero-order chi connectivity index (χ0) is 16.5. The van der Waals surface area contributed by atoms with E-state index < -0.39 is 5.60 Å². The van der Waals surface area contributed by atoms with Gasteiger partial charge in [-0.2, -0.15) is 0 Å². The number of nitrogens with zero attached hydrogens (tertiary/aromatic N) is 1. The van der Waals surface area contributed by atoms with Crippen molar-refractivity contribution < 1.29 is 13.9 Å².